The monoisotopic (exact) mass is 250 g/mol. The van der Waals surface area contributed by atoms with E-state index in [1.54, 1.807) is 19.1 Å². The molecule has 5 heteroatoms. The molecule has 1 amide bonds. The van der Waals surface area contributed by atoms with Crippen molar-refractivity contribution in [1.82, 2.24) is 9.88 Å². The Morgan fingerprint density at radius 2 is 1.94 bits per heavy atom. The first-order valence-electron chi connectivity index (χ1n) is 5.86. The van der Waals surface area contributed by atoms with Gasteiger partial charge in [0.15, 0.2) is 5.54 Å². The van der Waals surface area contributed by atoms with Gasteiger partial charge in [-0.25, -0.2) is 4.79 Å². The van der Waals surface area contributed by atoms with Gasteiger partial charge < -0.3 is 10.0 Å². The van der Waals surface area contributed by atoms with Crippen LogP contribution in [0.5, 0.6) is 0 Å². The molecule has 1 aromatic heterocycles. The van der Waals surface area contributed by atoms with Crippen LogP contribution < -0.4 is 0 Å². The number of carbonyl (C=O) groups is 2. The smallest absolute Gasteiger partial charge is 0.334 e. The second-order valence-electron chi connectivity index (χ2n) is 4.28. The third kappa shape index (κ3) is 2.50. The summed E-state index contributed by atoms with van der Waals surface area (Å²) in [5.74, 6) is -1.30. The maximum absolute atomic E-state index is 11.7. The van der Waals surface area contributed by atoms with Crippen LogP contribution in [0.15, 0.2) is 24.5 Å². The summed E-state index contributed by atoms with van der Waals surface area (Å²) in [4.78, 5) is 28.6. The third-order valence-corrected chi connectivity index (χ3v) is 3.03. The Morgan fingerprint density at radius 1 is 1.39 bits per heavy atom. The molecule has 0 aliphatic heterocycles. The second-order valence-corrected chi connectivity index (χ2v) is 4.28. The minimum absolute atomic E-state index is 0.251. The fourth-order valence-corrected chi connectivity index (χ4v) is 1.99. The van der Waals surface area contributed by atoms with Crippen LogP contribution in [0, 0.1) is 0 Å². The zero-order chi connectivity index (χ0) is 13.8. The average Bonchev–Trinajstić information content (AvgIpc) is 2.35. The number of aliphatic carboxylic acids is 1. The minimum Gasteiger partial charge on any atom is -0.479 e. The highest BCUT2D eigenvalue weighted by atomic mass is 16.4. The molecule has 1 aromatic rings. The molecule has 1 atom stereocenters. The zero-order valence-electron chi connectivity index (χ0n) is 10.9. The van der Waals surface area contributed by atoms with Crippen LogP contribution in [0.3, 0.4) is 0 Å². The maximum atomic E-state index is 11.7. The molecule has 0 bridgehead atoms. The van der Waals surface area contributed by atoms with Gasteiger partial charge >= 0.3 is 5.97 Å². The Hall–Kier alpha value is -1.91. The number of hydrogen-bond acceptors (Lipinski definition) is 3. The Morgan fingerprint density at radius 3 is 2.33 bits per heavy atom. The zero-order valence-corrected chi connectivity index (χ0v) is 10.9. The van der Waals surface area contributed by atoms with Gasteiger partial charge in [0.2, 0.25) is 5.91 Å². The van der Waals surface area contributed by atoms with Crippen LogP contribution in [0.1, 0.15) is 32.8 Å². The Bertz CT molecular complexity index is 433. The molecule has 1 N–H and O–H groups in total. The lowest BCUT2D eigenvalue weighted by atomic mass is 9.90. The number of pyridine rings is 1. The number of nitrogens with zero attached hydrogens (tertiary/aromatic N) is 2. The molecular weight excluding hydrogens is 232 g/mol. The summed E-state index contributed by atoms with van der Waals surface area (Å²) >= 11 is 0. The maximum Gasteiger partial charge on any atom is 0.334 e. The van der Waals surface area contributed by atoms with E-state index < -0.39 is 11.5 Å². The van der Waals surface area contributed by atoms with Crippen molar-refractivity contribution in [2.45, 2.75) is 32.7 Å². The Kier molecular flexibility index (Phi) is 4.42. The van der Waals surface area contributed by atoms with Crippen molar-refractivity contribution in [1.29, 1.82) is 0 Å². The van der Waals surface area contributed by atoms with E-state index in [0.717, 1.165) is 0 Å². The van der Waals surface area contributed by atoms with E-state index >= 15 is 0 Å². The van der Waals surface area contributed by atoms with Crippen LogP contribution in [0.2, 0.25) is 0 Å². The van der Waals surface area contributed by atoms with Crippen LogP contribution in [0.25, 0.3) is 0 Å². The highest BCUT2D eigenvalue weighted by Gasteiger charge is 2.42. The molecule has 0 saturated carbocycles. The predicted octanol–water partition coefficient (Wildman–Crippen LogP) is 1.64. The van der Waals surface area contributed by atoms with E-state index in [4.69, 9.17) is 0 Å². The molecule has 0 aromatic carbocycles. The molecule has 5 nitrogen and oxygen atoms in total. The summed E-state index contributed by atoms with van der Waals surface area (Å²) in [5.41, 5.74) is -0.807. The Labute approximate surface area is 106 Å². The number of amides is 1. The summed E-state index contributed by atoms with van der Waals surface area (Å²) in [6, 6.07) is 3.25. The van der Waals surface area contributed by atoms with Crippen molar-refractivity contribution in [3.05, 3.63) is 30.1 Å². The van der Waals surface area contributed by atoms with E-state index in [1.807, 2.05) is 6.92 Å². The van der Waals surface area contributed by atoms with Crippen molar-refractivity contribution < 1.29 is 14.7 Å². The first-order chi connectivity index (χ1) is 8.44. The summed E-state index contributed by atoms with van der Waals surface area (Å²) in [7, 11) is 0. The second kappa shape index (κ2) is 5.62. The van der Waals surface area contributed by atoms with Gasteiger partial charge in [0.25, 0.3) is 0 Å². The lowest BCUT2D eigenvalue weighted by molar-refractivity contribution is -0.158. The van der Waals surface area contributed by atoms with Gasteiger partial charge in [0.05, 0.1) is 0 Å². The minimum atomic E-state index is -1.36. The largest absolute Gasteiger partial charge is 0.479 e. The number of carboxylic acids is 1. The number of aromatic nitrogens is 1. The average molecular weight is 250 g/mol. The Balaban J connectivity index is 3.30. The van der Waals surface area contributed by atoms with Crippen LogP contribution in [0.4, 0.5) is 0 Å². The number of carbonyl (C=O) groups excluding carboxylic acids is 1. The van der Waals surface area contributed by atoms with Gasteiger partial charge in [0.1, 0.15) is 0 Å². The third-order valence-electron chi connectivity index (χ3n) is 3.03. The summed E-state index contributed by atoms with van der Waals surface area (Å²) in [6.07, 6.45) is 3.76. The molecule has 1 rings (SSSR count). The van der Waals surface area contributed by atoms with E-state index in [0.29, 0.717) is 18.5 Å². The molecule has 0 spiro atoms. The summed E-state index contributed by atoms with van der Waals surface area (Å²) < 4.78 is 0. The van der Waals surface area contributed by atoms with E-state index in [-0.39, 0.29) is 5.91 Å². The van der Waals surface area contributed by atoms with E-state index in [9.17, 15) is 14.7 Å². The molecule has 0 saturated heterocycles. The van der Waals surface area contributed by atoms with Crippen molar-refractivity contribution in [3.63, 3.8) is 0 Å². The van der Waals surface area contributed by atoms with Crippen LogP contribution in [-0.4, -0.2) is 33.4 Å². The lowest BCUT2D eigenvalue weighted by Gasteiger charge is -2.37. The fourth-order valence-electron chi connectivity index (χ4n) is 1.99. The van der Waals surface area contributed by atoms with Crippen molar-refractivity contribution >= 4 is 11.9 Å². The molecule has 0 aliphatic rings. The molecule has 1 heterocycles. The molecule has 0 fully saturated rings. The normalized spacial score (nSPS) is 13.7. The molecule has 1 unspecified atom stereocenters. The van der Waals surface area contributed by atoms with Crippen LogP contribution >= 0.6 is 0 Å². The molecule has 0 radical (unpaired) electrons. The quantitative estimate of drug-likeness (QED) is 0.862. The molecule has 0 aliphatic carbocycles. The van der Waals surface area contributed by atoms with Crippen molar-refractivity contribution in [2.24, 2.45) is 0 Å². The van der Waals surface area contributed by atoms with Gasteiger partial charge in [0, 0.05) is 25.9 Å². The fraction of sp³-hybridized carbons (Fsp3) is 0.462. The number of rotatable bonds is 5. The first kappa shape index (κ1) is 14.2. The number of hydrogen-bond donors (Lipinski definition) is 1. The van der Waals surface area contributed by atoms with E-state index in [1.165, 1.54) is 24.2 Å². The van der Waals surface area contributed by atoms with Gasteiger partial charge in [-0.2, -0.15) is 0 Å². The molecule has 18 heavy (non-hydrogen) atoms. The topological polar surface area (TPSA) is 70.5 Å². The molecular formula is C13H18N2O3. The summed E-state index contributed by atoms with van der Waals surface area (Å²) in [6.45, 7) is 5.24. The van der Waals surface area contributed by atoms with E-state index in [2.05, 4.69) is 4.98 Å². The van der Waals surface area contributed by atoms with Gasteiger partial charge in [-0.3, -0.25) is 9.78 Å². The highest BCUT2D eigenvalue weighted by Crippen LogP contribution is 2.28. The standard InChI is InChI=1S/C13H18N2O3/c1-4-9-15(10(2)16)13(3,12(17)18)11-5-7-14-8-6-11/h5-8H,4,9H2,1-3H3,(H,17,18). The highest BCUT2D eigenvalue weighted by molar-refractivity contribution is 5.87. The van der Waals surface area contributed by atoms with Gasteiger partial charge in [-0.05, 0) is 31.0 Å². The van der Waals surface area contributed by atoms with Crippen molar-refractivity contribution in [3.8, 4) is 0 Å². The SMILES string of the molecule is CCCN(C(C)=O)C(C)(C(=O)O)c1ccncc1. The van der Waals surface area contributed by atoms with Crippen molar-refractivity contribution in [2.75, 3.05) is 6.54 Å². The number of carboxylic acid groups (broad SMARTS) is 1. The first-order valence-corrected chi connectivity index (χ1v) is 5.86. The van der Waals surface area contributed by atoms with Gasteiger partial charge in [-0.1, -0.05) is 6.92 Å². The lowest BCUT2D eigenvalue weighted by Crippen LogP contribution is -2.52. The summed E-state index contributed by atoms with van der Waals surface area (Å²) in [5, 5.41) is 9.52. The predicted molar refractivity (Wildman–Crippen MR) is 66.9 cm³/mol. The van der Waals surface area contributed by atoms with Gasteiger partial charge in [-0.15, -0.1) is 0 Å². The molecule has 98 valence electrons. The van der Waals surface area contributed by atoms with Crippen LogP contribution in [-0.2, 0) is 15.1 Å².